The quantitative estimate of drug-likeness (QED) is 0.798. The molecule has 1 aliphatic rings. The predicted molar refractivity (Wildman–Crippen MR) is 91.8 cm³/mol. The lowest BCUT2D eigenvalue weighted by molar-refractivity contribution is 0.0521. The summed E-state index contributed by atoms with van der Waals surface area (Å²) >= 11 is 0. The van der Waals surface area contributed by atoms with E-state index in [4.69, 9.17) is 9.15 Å². The Morgan fingerprint density at radius 3 is 2.76 bits per heavy atom. The molecule has 0 bridgehead atoms. The highest BCUT2D eigenvalue weighted by Gasteiger charge is 2.26. The smallest absolute Gasteiger partial charge is 0.276 e. The largest absolute Gasteiger partial charge is 0.441 e. The summed E-state index contributed by atoms with van der Waals surface area (Å²) in [7, 11) is 0. The fraction of sp³-hybridized carbons (Fsp3) is 0.474. The van der Waals surface area contributed by atoms with Crippen LogP contribution in [-0.4, -0.2) is 41.6 Å². The molecule has 2 heterocycles. The van der Waals surface area contributed by atoms with Crippen LogP contribution < -0.4 is 0 Å². The average molecular weight is 346 g/mol. The molecule has 0 aliphatic carbocycles. The number of aryl methyl sites for hydroxylation is 1. The molecule has 0 spiro atoms. The molecule has 25 heavy (non-hydrogen) atoms. The Balaban J connectivity index is 1.80. The highest BCUT2D eigenvalue weighted by atomic mass is 19.1. The van der Waals surface area contributed by atoms with Gasteiger partial charge in [0.05, 0.1) is 6.10 Å². The molecule has 0 unspecified atom stereocenters. The monoisotopic (exact) mass is 346 g/mol. The first-order valence-electron chi connectivity index (χ1n) is 8.72. The number of amides is 1. The summed E-state index contributed by atoms with van der Waals surface area (Å²) < 4.78 is 24.4. The minimum absolute atomic E-state index is 0.0966. The normalized spacial score (nSPS) is 17.0. The number of carbonyl (C=O) groups excluding carboxylic acids is 1. The van der Waals surface area contributed by atoms with Crippen LogP contribution in [0.5, 0.6) is 0 Å². The second kappa shape index (κ2) is 7.78. The third kappa shape index (κ3) is 4.07. The minimum Gasteiger partial charge on any atom is -0.441 e. The van der Waals surface area contributed by atoms with Crippen molar-refractivity contribution < 1.29 is 18.3 Å². The molecule has 0 saturated carbocycles. The lowest BCUT2D eigenvalue weighted by atomic mass is 10.2. The van der Waals surface area contributed by atoms with E-state index >= 15 is 0 Å². The molecule has 1 aliphatic heterocycles. The molecule has 1 fully saturated rings. The van der Waals surface area contributed by atoms with Gasteiger partial charge in [-0.25, -0.2) is 9.37 Å². The minimum atomic E-state index is -0.325. The highest BCUT2D eigenvalue weighted by molar-refractivity contribution is 5.93. The van der Waals surface area contributed by atoms with Crippen LogP contribution in [0, 0.1) is 12.7 Å². The maximum atomic E-state index is 13.1. The van der Waals surface area contributed by atoms with Crippen LogP contribution in [-0.2, 0) is 4.74 Å². The Morgan fingerprint density at radius 1 is 1.36 bits per heavy atom. The maximum absolute atomic E-state index is 13.1. The van der Waals surface area contributed by atoms with Crippen molar-refractivity contribution in [1.82, 2.24) is 9.88 Å². The lowest BCUT2D eigenvalue weighted by Gasteiger charge is -2.24. The van der Waals surface area contributed by atoms with Crippen molar-refractivity contribution in [2.75, 3.05) is 19.7 Å². The summed E-state index contributed by atoms with van der Waals surface area (Å²) in [6, 6.07) is 5.87. The van der Waals surface area contributed by atoms with Gasteiger partial charge < -0.3 is 14.1 Å². The van der Waals surface area contributed by atoms with Crippen molar-refractivity contribution in [1.29, 1.82) is 0 Å². The molecular weight excluding hydrogens is 323 g/mol. The van der Waals surface area contributed by atoms with Gasteiger partial charge in [0.25, 0.3) is 5.91 Å². The van der Waals surface area contributed by atoms with Crippen molar-refractivity contribution in [3.05, 3.63) is 41.5 Å². The topological polar surface area (TPSA) is 55.6 Å². The molecular formula is C19H23FN2O3. The van der Waals surface area contributed by atoms with Gasteiger partial charge in [0, 0.05) is 25.3 Å². The lowest BCUT2D eigenvalue weighted by Crippen LogP contribution is -2.38. The van der Waals surface area contributed by atoms with E-state index in [1.807, 2.05) is 6.92 Å². The van der Waals surface area contributed by atoms with Crippen LogP contribution in [0.15, 0.2) is 28.7 Å². The summed E-state index contributed by atoms with van der Waals surface area (Å²) in [4.78, 5) is 19.1. The molecule has 3 rings (SSSR count). The van der Waals surface area contributed by atoms with Gasteiger partial charge in [-0.1, -0.05) is 6.92 Å². The summed E-state index contributed by atoms with van der Waals surface area (Å²) in [6.45, 7) is 5.75. The number of rotatable bonds is 6. The zero-order chi connectivity index (χ0) is 17.8. The van der Waals surface area contributed by atoms with Crippen LogP contribution in [0.25, 0.3) is 11.5 Å². The summed E-state index contributed by atoms with van der Waals surface area (Å²) in [5.74, 6) is 0.327. The Morgan fingerprint density at radius 2 is 2.12 bits per heavy atom. The fourth-order valence-corrected chi connectivity index (χ4v) is 3.04. The van der Waals surface area contributed by atoms with E-state index in [2.05, 4.69) is 4.98 Å². The molecule has 0 radical (unpaired) electrons. The maximum Gasteiger partial charge on any atom is 0.276 e. The molecule has 5 nitrogen and oxygen atoms in total. The first-order valence-corrected chi connectivity index (χ1v) is 8.72. The Bertz CT molecular complexity index is 721. The summed E-state index contributed by atoms with van der Waals surface area (Å²) in [5.41, 5.74) is 0.954. The highest BCUT2D eigenvalue weighted by Crippen LogP contribution is 2.23. The zero-order valence-electron chi connectivity index (χ0n) is 14.6. The Hall–Kier alpha value is -2.21. The Labute approximate surface area is 146 Å². The molecule has 1 amide bonds. The van der Waals surface area contributed by atoms with E-state index in [1.54, 1.807) is 24.0 Å². The second-order valence-corrected chi connectivity index (χ2v) is 6.32. The molecule has 1 saturated heterocycles. The van der Waals surface area contributed by atoms with Crippen LogP contribution in [0.4, 0.5) is 4.39 Å². The molecule has 1 atom stereocenters. The van der Waals surface area contributed by atoms with E-state index in [0.29, 0.717) is 36.0 Å². The van der Waals surface area contributed by atoms with Gasteiger partial charge in [0.1, 0.15) is 11.6 Å². The van der Waals surface area contributed by atoms with Crippen LogP contribution in [0.3, 0.4) is 0 Å². The molecule has 1 aromatic heterocycles. The molecule has 134 valence electrons. The van der Waals surface area contributed by atoms with Gasteiger partial charge >= 0.3 is 0 Å². The van der Waals surface area contributed by atoms with Gasteiger partial charge in [-0.05, 0) is 50.5 Å². The summed E-state index contributed by atoms with van der Waals surface area (Å²) in [6.07, 6.45) is 2.97. The van der Waals surface area contributed by atoms with E-state index in [9.17, 15) is 9.18 Å². The van der Waals surface area contributed by atoms with Crippen LogP contribution in [0.2, 0.25) is 0 Å². The summed E-state index contributed by atoms with van der Waals surface area (Å²) in [5, 5.41) is 0. The molecule has 6 heteroatoms. The van der Waals surface area contributed by atoms with Gasteiger partial charge in [0.2, 0.25) is 5.89 Å². The number of halogens is 1. The van der Waals surface area contributed by atoms with Gasteiger partial charge in [-0.15, -0.1) is 0 Å². The van der Waals surface area contributed by atoms with Crippen molar-refractivity contribution >= 4 is 5.91 Å². The number of benzene rings is 1. The standard InChI is InChI=1S/C19H23FN2O3/c1-3-10-22(12-16-5-4-11-24-16)19(23)17-13(2)25-18(21-17)14-6-8-15(20)9-7-14/h6-9,16H,3-5,10-12H2,1-2H3/t16-/m0/s1. The van der Waals surface area contributed by atoms with Gasteiger partial charge in [0.15, 0.2) is 5.69 Å². The number of carbonyl (C=O) groups is 1. The van der Waals surface area contributed by atoms with Crippen LogP contribution >= 0.6 is 0 Å². The third-order valence-corrected chi connectivity index (χ3v) is 4.32. The average Bonchev–Trinajstić information content (AvgIpc) is 3.24. The van der Waals surface area contributed by atoms with Crippen molar-refractivity contribution in [3.63, 3.8) is 0 Å². The SMILES string of the molecule is CCCN(C[C@@H]1CCCO1)C(=O)c1nc(-c2ccc(F)cc2)oc1C. The van der Waals surface area contributed by atoms with E-state index in [0.717, 1.165) is 25.9 Å². The number of nitrogens with zero attached hydrogens (tertiary/aromatic N) is 2. The molecule has 2 aromatic rings. The fourth-order valence-electron chi connectivity index (χ4n) is 3.04. The first kappa shape index (κ1) is 17.6. The first-order chi connectivity index (χ1) is 12.1. The number of ether oxygens (including phenoxy) is 1. The van der Waals surface area contributed by atoms with Crippen molar-refractivity contribution in [3.8, 4) is 11.5 Å². The van der Waals surface area contributed by atoms with E-state index < -0.39 is 0 Å². The van der Waals surface area contributed by atoms with Crippen molar-refractivity contribution in [2.45, 2.75) is 39.2 Å². The van der Waals surface area contributed by atoms with Gasteiger partial charge in [-0.3, -0.25) is 4.79 Å². The van der Waals surface area contributed by atoms with Crippen LogP contribution in [0.1, 0.15) is 42.4 Å². The van der Waals surface area contributed by atoms with E-state index in [-0.39, 0.29) is 17.8 Å². The number of oxazole rings is 1. The number of hydrogen-bond donors (Lipinski definition) is 0. The predicted octanol–water partition coefficient (Wildman–Crippen LogP) is 3.82. The molecule has 1 aromatic carbocycles. The zero-order valence-corrected chi connectivity index (χ0v) is 14.6. The number of aromatic nitrogens is 1. The number of hydrogen-bond acceptors (Lipinski definition) is 4. The van der Waals surface area contributed by atoms with Crippen molar-refractivity contribution in [2.24, 2.45) is 0 Å². The third-order valence-electron chi connectivity index (χ3n) is 4.32. The molecule has 0 N–H and O–H groups in total. The second-order valence-electron chi connectivity index (χ2n) is 6.32. The Kier molecular flexibility index (Phi) is 5.48. The van der Waals surface area contributed by atoms with E-state index in [1.165, 1.54) is 12.1 Å². The van der Waals surface area contributed by atoms with Gasteiger partial charge in [-0.2, -0.15) is 0 Å².